The standard InChI is InChI=1S/C11H19NO3/c1-8(13)12-10-5-3-9(4-6-10)7-11(14)15-2/h9-10H,3-7H2,1-2H3,(H,12,13). The molecular weight excluding hydrogens is 194 g/mol. The Morgan fingerprint density at radius 2 is 1.87 bits per heavy atom. The summed E-state index contributed by atoms with van der Waals surface area (Å²) in [5.74, 6) is 0.340. The van der Waals surface area contributed by atoms with Crippen molar-refractivity contribution in [2.75, 3.05) is 7.11 Å². The molecule has 0 unspecified atom stereocenters. The molecule has 1 aliphatic rings. The normalized spacial score (nSPS) is 25.7. The highest BCUT2D eigenvalue weighted by Crippen LogP contribution is 2.26. The number of ether oxygens (including phenoxy) is 1. The fraction of sp³-hybridized carbons (Fsp3) is 0.818. The number of nitrogens with one attached hydrogen (secondary N) is 1. The van der Waals surface area contributed by atoms with Crippen LogP contribution in [0.4, 0.5) is 0 Å². The van der Waals surface area contributed by atoms with Crippen LogP contribution in [0.25, 0.3) is 0 Å². The van der Waals surface area contributed by atoms with Crippen LogP contribution in [-0.4, -0.2) is 25.0 Å². The second-order valence-electron chi connectivity index (χ2n) is 4.20. The molecule has 0 aromatic heterocycles. The molecule has 0 heterocycles. The van der Waals surface area contributed by atoms with Gasteiger partial charge >= 0.3 is 5.97 Å². The lowest BCUT2D eigenvalue weighted by Gasteiger charge is -2.28. The SMILES string of the molecule is COC(=O)CC1CCC(NC(C)=O)CC1. The van der Waals surface area contributed by atoms with Gasteiger partial charge in [-0.1, -0.05) is 0 Å². The Morgan fingerprint density at radius 3 is 2.33 bits per heavy atom. The zero-order chi connectivity index (χ0) is 11.3. The molecular formula is C11H19NO3. The summed E-state index contributed by atoms with van der Waals surface area (Å²) in [6.07, 6.45) is 4.46. The Balaban J connectivity index is 2.23. The van der Waals surface area contributed by atoms with E-state index in [2.05, 4.69) is 10.1 Å². The van der Waals surface area contributed by atoms with Crippen molar-refractivity contribution >= 4 is 11.9 Å². The third kappa shape index (κ3) is 4.32. The van der Waals surface area contributed by atoms with Crippen molar-refractivity contribution in [1.82, 2.24) is 5.32 Å². The van der Waals surface area contributed by atoms with E-state index < -0.39 is 0 Å². The van der Waals surface area contributed by atoms with Gasteiger partial charge in [0, 0.05) is 19.4 Å². The van der Waals surface area contributed by atoms with E-state index in [1.807, 2.05) is 0 Å². The minimum absolute atomic E-state index is 0.0337. The van der Waals surface area contributed by atoms with Gasteiger partial charge in [-0.3, -0.25) is 9.59 Å². The van der Waals surface area contributed by atoms with Crippen LogP contribution in [0.1, 0.15) is 39.0 Å². The maximum Gasteiger partial charge on any atom is 0.305 e. The number of carbonyl (C=O) groups is 2. The Morgan fingerprint density at radius 1 is 1.27 bits per heavy atom. The van der Waals surface area contributed by atoms with E-state index in [9.17, 15) is 9.59 Å². The maximum atomic E-state index is 11.0. The number of amides is 1. The Hall–Kier alpha value is -1.06. The highest BCUT2D eigenvalue weighted by molar-refractivity contribution is 5.73. The minimum Gasteiger partial charge on any atom is -0.469 e. The van der Waals surface area contributed by atoms with Crippen molar-refractivity contribution in [3.63, 3.8) is 0 Å². The predicted octanol–water partition coefficient (Wildman–Crippen LogP) is 1.24. The van der Waals surface area contributed by atoms with Crippen LogP contribution in [0, 0.1) is 5.92 Å². The summed E-state index contributed by atoms with van der Waals surface area (Å²) in [7, 11) is 1.42. The van der Waals surface area contributed by atoms with E-state index in [4.69, 9.17) is 0 Å². The third-order valence-electron chi connectivity index (χ3n) is 2.94. The lowest BCUT2D eigenvalue weighted by molar-refractivity contribution is -0.142. The molecule has 4 heteroatoms. The largest absolute Gasteiger partial charge is 0.469 e. The lowest BCUT2D eigenvalue weighted by Crippen LogP contribution is -2.36. The molecule has 0 radical (unpaired) electrons. The molecule has 1 aliphatic carbocycles. The second-order valence-corrected chi connectivity index (χ2v) is 4.20. The van der Waals surface area contributed by atoms with Gasteiger partial charge in [0.05, 0.1) is 7.11 Å². The average molecular weight is 213 g/mol. The third-order valence-corrected chi connectivity index (χ3v) is 2.94. The molecule has 15 heavy (non-hydrogen) atoms. The summed E-state index contributed by atoms with van der Waals surface area (Å²) in [5, 5.41) is 2.91. The molecule has 0 atom stereocenters. The Bertz CT molecular complexity index is 232. The van der Waals surface area contributed by atoms with Gasteiger partial charge in [0.15, 0.2) is 0 Å². The molecule has 1 rings (SSSR count). The number of carbonyl (C=O) groups excluding carboxylic acids is 2. The minimum atomic E-state index is -0.127. The van der Waals surface area contributed by atoms with Gasteiger partial charge in [0.25, 0.3) is 0 Å². The molecule has 1 amide bonds. The number of methoxy groups -OCH3 is 1. The van der Waals surface area contributed by atoms with Crippen molar-refractivity contribution in [3.05, 3.63) is 0 Å². The van der Waals surface area contributed by atoms with E-state index in [0.717, 1.165) is 25.7 Å². The number of rotatable bonds is 3. The molecule has 1 saturated carbocycles. The number of esters is 1. The van der Waals surface area contributed by atoms with Gasteiger partial charge in [-0.25, -0.2) is 0 Å². The monoisotopic (exact) mass is 213 g/mol. The molecule has 1 fully saturated rings. The smallest absolute Gasteiger partial charge is 0.305 e. The van der Waals surface area contributed by atoms with Crippen molar-refractivity contribution in [3.8, 4) is 0 Å². The van der Waals surface area contributed by atoms with Gasteiger partial charge in [-0.05, 0) is 31.6 Å². The first-order valence-electron chi connectivity index (χ1n) is 5.45. The van der Waals surface area contributed by atoms with Crippen molar-refractivity contribution in [1.29, 1.82) is 0 Å². The highest BCUT2D eigenvalue weighted by atomic mass is 16.5. The van der Waals surface area contributed by atoms with Crippen LogP contribution in [0.3, 0.4) is 0 Å². The Labute approximate surface area is 90.4 Å². The van der Waals surface area contributed by atoms with Crippen LogP contribution in [-0.2, 0) is 14.3 Å². The molecule has 0 aromatic rings. The summed E-state index contributed by atoms with van der Waals surface area (Å²) in [6, 6.07) is 0.302. The highest BCUT2D eigenvalue weighted by Gasteiger charge is 2.23. The van der Waals surface area contributed by atoms with E-state index >= 15 is 0 Å². The fourth-order valence-corrected chi connectivity index (χ4v) is 2.12. The first-order chi connectivity index (χ1) is 7.11. The summed E-state index contributed by atoms with van der Waals surface area (Å²) in [4.78, 5) is 21.9. The first kappa shape index (κ1) is 12.0. The van der Waals surface area contributed by atoms with Gasteiger partial charge in [-0.2, -0.15) is 0 Å². The van der Waals surface area contributed by atoms with Crippen LogP contribution >= 0.6 is 0 Å². The Kier molecular flexibility index (Phi) is 4.59. The predicted molar refractivity (Wildman–Crippen MR) is 56.2 cm³/mol. The van der Waals surface area contributed by atoms with E-state index in [-0.39, 0.29) is 11.9 Å². The molecule has 0 saturated heterocycles. The molecule has 86 valence electrons. The summed E-state index contributed by atoms with van der Waals surface area (Å²) in [6.45, 7) is 1.54. The van der Waals surface area contributed by atoms with E-state index in [1.54, 1.807) is 6.92 Å². The number of hydrogen-bond acceptors (Lipinski definition) is 3. The average Bonchev–Trinajstić information content (AvgIpc) is 2.20. The topological polar surface area (TPSA) is 55.4 Å². The first-order valence-corrected chi connectivity index (χ1v) is 5.45. The van der Waals surface area contributed by atoms with Gasteiger partial charge < -0.3 is 10.1 Å². The van der Waals surface area contributed by atoms with Crippen LogP contribution in [0.2, 0.25) is 0 Å². The van der Waals surface area contributed by atoms with Crippen molar-refractivity contribution < 1.29 is 14.3 Å². The molecule has 1 N–H and O–H groups in total. The van der Waals surface area contributed by atoms with Gasteiger partial charge in [0.1, 0.15) is 0 Å². The van der Waals surface area contributed by atoms with E-state index in [1.165, 1.54) is 7.11 Å². The maximum absolute atomic E-state index is 11.0. The molecule has 4 nitrogen and oxygen atoms in total. The van der Waals surface area contributed by atoms with Gasteiger partial charge in [-0.15, -0.1) is 0 Å². The van der Waals surface area contributed by atoms with Crippen LogP contribution in [0.15, 0.2) is 0 Å². The zero-order valence-corrected chi connectivity index (χ0v) is 9.41. The van der Waals surface area contributed by atoms with E-state index in [0.29, 0.717) is 18.4 Å². The van der Waals surface area contributed by atoms with Gasteiger partial charge in [0.2, 0.25) is 5.91 Å². The summed E-state index contributed by atoms with van der Waals surface area (Å²) in [5.41, 5.74) is 0. The second kappa shape index (κ2) is 5.73. The zero-order valence-electron chi connectivity index (χ0n) is 9.41. The fourth-order valence-electron chi connectivity index (χ4n) is 2.12. The quantitative estimate of drug-likeness (QED) is 0.718. The molecule has 0 spiro atoms. The summed E-state index contributed by atoms with van der Waals surface area (Å²) < 4.78 is 4.64. The van der Waals surface area contributed by atoms with Crippen molar-refractivity contribution in [2.45, 2.75) is 45.1 Å². The molecule has 0 aromatic carbocycles. The molecule has 0 bridgehead atoms. The lowest BCUT2D eigenvalue weighted by atomic mass is 9.84. The molecule has 0 aliphatic heterocycles. The summed E-state index contributed by atoms with van der Waals surface area (Å²) >= 11 is 0. The van der Waals surface area contributed by atoms with Crippen LogP contribution < -0.4 is 5.32 Å². The van der Waals surface area contributed by atoms with Crippen molar-refractivity contribution in [2.24, 2.45) is 5.92 Å². The van der Waals surface area contributed by atoms with Crippen LogP contribution in [0.5, 0.6) is 0 Å². The number of hydrogen-bond donors (Lipinski definition) is 1.